The summed E-state index contributed by atoms with van der Waals surface area (Å²) in [6.07, 6.45) is 12.8. The highest BCUT2D eigenvalue weighted by Gasteiger charge is 2.15. The zero-order valence-electron chi connectivity index (χ0n) is 13.1. The Morgan fingerprint density at radius 1 is 1.14 bits per heavy atom. The molecule has 0 aliphatic carbocycles. The van der Waals surface area contributed by atoms with Gasteiger partial charge in [0.2, 0.25) is 0 Å². The van der Waals surface area contributed by atoms with Crippen molar-refractivity contribution in [3.63, 3.8) is 0 Å². The highest BCUT2D eigenvalue weighted by molar-refractivity contribution is 5.77. The number of hydrogen-bond donors (Lipinski definition) is 2. The Labute approximate surface area is 127 Å². The maximum absolute atomic E-state index is 11.4. The number of hydrogen-bond acceptors (Lipinski definition) is 4. The average Bonchev–Trinajstić information content (AvgIpc) is 2.46. The van der Waals surface area contributed by atoms with Crippen LogP contribution in [0, 0.1) is 0 Å². The molecule has 0 bridgehead atoms. The molecular formula is C16H29NO4. The molecule has 0 saturated carbocycles. The second-order valence-electron chi connectivity index (χ2n) is 5.26. The minimum atomic E-state index is -0.965. The normalized spacial score (nSPS) is 12.5. The summed E-state index contributed by atoms with van der Waals surface area (Å²) in [6, 6.07) is -0.871. The Morgan fingerprint density at radius 3 is 2.38 bits per heavy atom. The summed E-state index contributed by atoms with van der Waals surface area (Å²) >= 11 is 0. The number of carboxylic acids is 1. The first-order valence-corrected chi connectivity index (χ1v) is 7.90. The molecule has 0 saturated heterocycles. The number of carbonyl (C=O) groups is 2. The Kier molecular flexibility index (Phi) is 12.7. The smallest absolute Gasteiger partial charge is 0.327 e. The fourth-order valence-electron chi connectivity index (χ4n) is 1.89. The molecule has 0 amide bonds. The van der Waals surface area contributed by atoms with Crippen LogP contribution in [0.2, 0.25) is 0 Å². The van der Waals surface area contributed by atoms with Gasteiger partial charge in [-0.1, -0.05) is 45.4 Å². The lowest BCUT2D eigenvalue weighted by molar-refractivity contribution is -0.140. The van der Waals surface area contributed by atoms with Gasteiger partial charge in [0, 0.05) is 6.42 Å². The molecular weight excluding hydrogens is 270 g/mol. The van der Waals surface area contributed by atoms with E-state index in [-0.39, 0.29) is 12.8 Å². The number of ether oxygens (including phenoxy) is 1. The summed E-state index contributed by atoms with van der Waals surface area (Å²) in [5, 5.41) is 8.49. The van der Waals surface area contributed by atoms with Crippen molar-refractivity contribution in [2.24, 2.45) is 5.73 Å². The maximum Gasteiger partial charge on any atom is 0.327 e. The molecule has 122 valence electrons. The number of aliphatic carboxylic acids is 1. The topological polar surface area (TPSA) is 89.6 Å². The first-order chi connectivity index (χ1) is 10.1. The first-order valence-electron chi connectivity index (χ1n) is 7.90. The number of rotatable bonds is 13. The Bertz CT molecular complexity index is 315. The molecule has 3 N–H and O–H groups in total. The van der Waals surface area contributed by atoms with Crippen LogP contribution < -0.4 is 5.73 Å². The SMILES string of the molecule is CCCCCCCCC/C=C/OC(=O)C(N)CCC(=O)O. The van der Waals surface area contributed by atoms with E-state index < -0.39 is 18.0 Å². The molecule has 0 aromatic rings. The molecule has 0 aromatic heterocycles. The van der Waals surface area contributed by atoms with Crippen LogP contribution in [-0.2, 0) is 14.3 Å². The minimum Gasteiger partial charge on any atom is -0.481 e. The molecule has 21 heavy (non-hydrogen) atoms. The van der Waals surface area contributed by atoms with Crippen LogP contribution >= 0.6 is 0 Å². The van der Waals surface area contributed by atoms with Crippen LogP contribution in [0.15, 0.2) is 12.3 Å². The number of carbonyl (C=O) groups excluding carboxylic acids is 1. The van der Waals surface area contributed by atoms with Gasteiger partial charge in [0.25, 0.3) is 0 Å². The lowest BCUT2D eigenvalue weighted by Gasteiger charge is -2.06. The third kappa shape index (κ3) is 13.4. The van der Waals surface area contributed by atoms with Crippen LogP contribution in [-0.4, -0.2) is 23.1 Å². The van der Waals surface area contributed by atoms with E-state index in [0.29, 0.717) is 0 Å². The molecule has 0 heterocycles. The number of allylic oxidation sites excluding steroid dienone is 1. The van der Waals surface area contributed by atoms with Crippen LogP contribution in [0.25, 0.3) is 0 Å². The highest BCUT2D eigenvalue weighted by atomic mass is 16.5. The second kappa shape index (κ2) is 13.6. The average molecular weight is 299 g/mol. The monoisotopic (exact) mass is 299 g/mol. The van der Waals surface area contributed by atoms with Crippen molar-refractivity contribution in [1.82, 2.24) is 0 Å². The predicted molar refractivity (Wildman–Crippen MR) is 82.7 cm³/mol. The van der Waals surface area contributed by atoms with Crippen molar-refractivity contribution in [1.29, 1.82) is 0 Å². The number of unbranched alkanes of at least 4 members (excludes halogenated alkanes) is 7. The quantitative estimate of drug-likeness (QED) is 0.309. The fraction of sp³-hybridized carbons (Fsp3) is 0.750. The van der Waals surface area contributed by atoms with Crippen molar-refractivity contribution < 1.29 is 19.4 Å². The lowest BCUT2D eigenvalue weighted by atomic mass is 10.1. The zero-order chi connectivity index (χ0) is 15.9. The third-order valence-electron chi connectivity index (χ3n) is 3.23. The van der Waals surface area contributed by atoms with Crippen molar-refractivity contribution in [3.8, 4) is 0 Å². The van der Waals surface area contributed by atoms with Gasteiger partial charge in [-0.3, -0.25) is 4.79 Å². The van der Waals surface area contributed by atoms with E-state index in [1.807, 2.05) is 6.08 Å². The van der Waals surface area contributed by atoms with Gasteiger partial charge >= 0.3 is 11.9 Å². The van der Waals surface area contributed by atoms with Gasteiger partial charge in [-0.2, -0.15) is 0 Å². The highest BCUT2D eigenvalue weighted by Crippen LogP contribution is 2.08. The molecule has 1 atom stereocenters. The van der Waals surface area contributed by atoms with Crippen molar-refractivity contribution in [2.75, 3.05) is 0 Å². The minimum absolute atomic E-state index is 0.0970. The zero-order valence-corrected chi connectivity index (χ0v) is 13.1. The van der Waals surface area contributed by atoms with Crippen LogP contribution in [0.3, 0.4) is 0 Å². The summed E-state index contributed by atoms with van der Waals surface area (Å²) in [5.41, 5.74) is 5.51. The number of nitrogens with two attached hydrogens (primary N) is 1. The van der Waals surface area contributed by atoms with Gasteiger partial charge in [-0.15, -0.1) is 0 Å². The number of esters is 1. The molecule has 0 fully saturated rings. The van der Waals surface area contributed by atoms with Crippen LogP contribution in [0.1, 0.15) is 71.1 Å². The first kappa shape index (κ1) is 19.6. The lowest BCUT2D eigenvalue weighted by Crippen LogP contribution is -2.31. The summed E-state index contributed by atoms with van der Waals surface area (Å²) in [5.74, 6) is -1.54. The summed E-state index contributed by atoms with van der Waals surface area (Å²) in [7, 11) is 0. The summed E-state index contributed by atoms with van der Waals surface area (Å²) in [4.78, 5) is 21.7. The van der Waals surface area contributed by atoms with E-state index in [1.54, 1.807) is 0 Å². The van der Waals surface area contributed by atoms with E-state index in [2.05, 4.69) is 6.92 Å². The van der Waals surface area contributed by atoms with E-state index in [1.165, 1.54) is 44.8 Å². The van der Waals surface area contributed by atoms with Gasteiger partial charge < -0.3 is 15.6 Å². The largest absolute Gasteiger partial charge is 0.481 e. The summed E-state index contributed by atoms with van der Waals surface area (Å²) < 4.78 is 4.86. The molecule has 0 aliphatic rings. The van der Waals surface area contributed by atoms with E-state index in [0.717, 1.165) is 12.8 Å². The molecule has 0 spiro atoms. The summed E-state index contributed by atoms with van der Waals surface area (Å²) in [6.45, 7) is 2.21. The molecule has 1 unspecified atom stereocenters. The third-order valence-corrected chi connectivity index (χ3v) is 3.23. The van der Waals surface area contributed by atoms with Crippen molar-refractivity contribution in [3.05, 3.63) is 12.3 Å². The van der Waals surface area contributed by atoms with Crippen molar-refractivity contribution >= 4 is 11.9 Å². The van der Waals surface area contributed by atoms with E-state index in [9.17, 15) is 9.59 Å². The molecule has 5 nitrogen and oxygen atoms in total. The van der Waals surface area contributed by atoms with Crippen LogP contribution in [0.4, 0.5) is 0 Å². The van der Waals surface area contributed by atoms with Crippen molar-refractivity contribution in [2.45, 2.75) is 77.2 Å². The molecule has 5 heteroatoms. The molecule has 0 rings (SSSR count). The molecule has 0 aromatic carbocycles. The second-order valence-corrected chi connectivity index (χ2v) is 5.26. The van der Waals surface area contributed by atoms with Gasteiger partial charge in [-0.05, 0) is 25.3 Å². The maximum atomic E-state index is 11.4. The number of carboxylic acid groups (broad SMARTS) is 1. The van der Waals surface area contributed by atoms with E-state index >= 15 is 0 Å². The fourth-order valence-corrected chi connectivity index (χ4v) is 1.89. The van der Waals surface area contributed by atoms with Crippen LogP contribution in [0.5, 0.6) is 0 Å². The predicted octanol–water partition coefficient (Wildman–Crippen LogP) is 3.38. The molecule has 0 aliphatic heterocycles. The van der Waals surface area contributed by atoms with Gasteiger partial charge in [0.15, 0.2) is 0 Å². The van der Waals surface area contributed by atoms with Gasteiger partial charge in [-0.25, -0.2) is 4.79 Å². The van der Waals surface area contributed by atoms with E-state index in [4.69, 9.17) is 15.6 Å². The van der Waals surface area contributed by atoms with Gasteiger partial charge in [0.05, 0.1) is 6.26 Å². The van der Waals surface area contributed by atoms with Gasteiger partial charge in [0.1, 0.15) is 6.04 Å². The Hall–Kier alpha value is -1.36. The standard InChI is InChI=1S/C16H29NO4/c1-2-3-4-5-6-7-8-9-10-13-21-16(20)14(17)11-12-15(18)19/h10,13-14H,2-9,11-12,17H2,1H3,(H,18,19)/b13-10+. The Balaban J connectivity index is 3.49. The molecule has 0 radical (unpaired) electrons. The Morgan fingerprint density at radius 2 is 1.76 bits per heavy atom.